The Bertz CT molecular complexity index is 768. The lowest BCUT2D eigenvalue weighted by Gasteiger charge is -2.36. The summed E-state index contributed by atoms with van der Waals surface area (Å²) in [4.78, 5) is 9.83. The zero-order valence-electron chi connectivity index (χ0n) is 16.2. The molecule has 0 saturated carbocycles. The molecule has 0 atom stereocenters. The number of anilines is 1. The van der Waals surface area contributed by atoms with Crippen molar-refractivity contribution in [2.24, 2.45) is 4.99 Å². The summed E-state index contributed by atoms with van der Waals surface area (Å²) in [6, 6.07) is 3.46. The van der Waals surface area contributed by atoms with Crippen LogP contribution in [0.4, 0.5) is 14.5 Å². The lowest BCUT2D eigenvalue weighted by Crippen LogP contribution is -2.44. The number of alkyl halides is 2. The van der Waals surface area contributed by atoms with Crippen LogP contribution >= 0.6 is 0 Å². The van der Waals surface area contributed by atoms with Crippen molar-refractivity contribution >= 4 is 11.5 Å². The molecule has 1 aromatic heterocycles. The van der Waals surface area contributed by atoms with E-state index < -0.39 is 5.92 Å². The van der Waals surface area contributed by atoms with Gasteiger partial charge in [0.15, 0.2) is 5.84 Å². The van der Waals surface area contributed by atoms with Crippen molar-refractivity contribution in [1.29, 1.82) is 0 Å². The number of amidine groups is 1. The van der Waals surface area contributed by atoms with E-state index in [2.05, 4.69) is 37.3 Å². The minimum Gasteiger partial charge on any atom is -0.292 e. The van der Waals surface area contributed by atoms with E-state index in [-0.39, 0.29) is 5.84 Å². The maximum absolute atomic E-state index is 14.3. The Balaban J connectivity index is 2.71. The minimum atomic E-state index is -3.10. The largest absolute Gasteiger partial charge is 0.302 e. The van der Waals surface area contributed by atoms with Crippen LogP contribution in [0.5, 0.6) is 0 Å². The predicted molar refractivity (Wildman–Crippen MR) is 105 cm³/mol. The average Bonchev–Trinajstić information content (AvgIpc) is 2.59. The molecule has 140 valence electrons. The van der Waals surface area contributed by atoms with Gasteiger partial charge in [-0.3, -0.25) is 9.88 Å². The smallest absolute Gasteiger partial charge is 0.292 e. The number of hydrogen-bond acceptors (Lipinski definition) is 3. The second-order valence-corrected chi connectivity index (χ2v) is 6.64. The zero-order chi connectivity index (χ0) is 19.5. The molecule has 26 heavy (non-hydrogen) atoms. The number of allylic oxidation sites excluding steroid dienone is 3. The molecule has 0 saturated heterocycles. The van der Waals surface area contributed by atoms with Gasteiger partial charge in [0, 0.05) is 30.1 Å². The standard InChI is InChI=1S/C21H27F2N3/c1-7-10-18(14(3)8-2)19-15(4)25-20(21(6,22)23)26(16(19)5)17-11-9-12-24-13-17/h9,11-13H,5,7-8,10H2,1-4,6H3/b18-14+. The quantitative estimate of drug-likeness (QED) is 0.599. The molecule has 0 fully saturated rings. The Hall–Kier alpha value is -2.30. The number of pyridine rings is 1. The van der Waals surface area contributed by atoms with Crippen LogP contribution in [0.2, 0.25) is 0 Å². The van der Waals surface area contributed by atoms with Crippen molar-refractivity contribution in [3.63, 3.8) is 0 Å². The van der Waals surface area contributed by atoms with Crippen LogP contribution in [0.25, 0.3) is 0 Å². The van der Waals surface area contributed by atoms with E-state index in [9.17, 15) is 8.78 Å². The third kappa shape index (κ3) is 3.92. The van der Waals surface area contributed by atoms with E-state index in [1.807, 2.05) is 0 Å². The molecule has 2 rings (SSSR count). The van der Waals surface area contributed by atoms with Crippen molar-refractivity contribution < 1.29 is 8.78 Å². The molecule has 5 heteroatoms. The van der Waals surface area contributed by atoms with Crippen LogP contribution in [0.1, 0.15) is 53.9 Å². The first kappa shape index (κ1) is 20.0. The van der Waals surface area contributed by atoms with E-state index in [4.69, 9.17) is 0 Å². The van der Waals surface area contributed by atoms with Gasteiger partial charge in [0.25, 0.3) is 0 Å². The molecule has 0 bridgehead atoms. The van der Waals surface area contributed by atoms with Gasteiger partial charge in [0.1, 0.15) is 0 Å². The monoisotopic (exact) mass is 359 g/mol. The van der Waals surface area contributed by atoms with Crippen LogP contribution in [-0.4, -0.2) is 16.7 Å². The first-order chi connectivity index (χ1) is 12.2. The van der Waals surface area contributed by atoms with Crippen molar-refractivity contribution in [3.05, 3.63) is 59.2 Å². The Morgan fingerprint density at radius 2 is 2.00 bits per heavy atom. The summed E-state index contributed by atoms with van der Waals surface area (Å²) in [5.74, 6) is -3.42. The first-order valence-corrected chi connectivity index (χ1v) is 8.98. The van der Waals surface area contributed by atoms with Gasteiger partial charge in [-0.2, -0.15) is 8.78 Å². The van der Waals surface area contributed by atoms with Gasteiger partial charge in [-0.15, -0.1) is 0 Å². The molecule has 1 aliphatic heterocycles. The molecule has 2 heterocycles. The molecule has 0 unspecified atom stereocenters. The average molecular weight is 359 g/mol. The zero-order valence-corrected chi connectivity index (χ0v) is 16.2. The van der Waals surface area contributed by atoms with Crippen LogP contribution in [0.15, 0.2) is 64.2 Å². The van der Waals surface area contributed by atoms with Gasteiger partial charge in [-0.25, -0.2) is 4.99 Å². The summed E-state index contributed by atoms with van der Waals surface area (Å²) >= 11 is 0. The molecular formula is C21H27F2N3. The summed E-state index contributed by atoms with van der Waals surface area (Å²) in [7, 11) is 0. The number of rotatable bonds is 6. The third-order valence-corrected chi connectivity index (χ3v) is 4.55. The van der Waals surface area contributed by atoms with Crippen LogP contribution < -0.4 is 4.90 Å². The predicted octanol–water partition coefficient (Wildman–Crippen LogP) is 6.27. The molecule has 0 spiro atoms. The van der Waals surface area contributed by atoms with Crippen molar-refractivity contribution in [1.82, 2.24) is 4.98 Å². The topological polar surface area (TPSA) is 28.5 Å². The minimum absolute atomic E-state index is 0.318. The molecule has 3 nitrogen and oxygen atoms in total. The summed E-state index contributed by atoms with van der Waals surface area (Å²) in [5, 5.41) is 0. The van der Waals surface area contributed by atoms with E-state index in [0.717, 1.165) is 37.3 Å². The summed E-state index contributed by atoms with van der Waals surface area (Å²) < 4.78 is 28.6. The summed E-state index contributed by atoms with van der Waals surface area (Å²) in [6.45, 7) is 13.1. The van der Waals surface area contributed by atoms with Gasteiger partial charge >= 0.3 is 5.92 Å². The molecule has 0 aromatic carbocycles. The summed E-state index contributed by atoms with van der Waals surface area (Å²) in [6.07, 6.45) is 5.89. The van der Waals surface area contributed by atoms with Gasteiger partial charge in [-0.1, -0.05) is 32.4 Å². The highest BCUT2D eigenvalue weighted by atomic mass is 19.3. The fraction of sp³-hybridized carbons (Fsp3) is 0.429. The maximum atomic E-state index is 14.3. The highest BCUT2D eigenvalue weighted by molar-refractivity contribution is 6.07. The fourth-order valence-electron chi connectivity index (χ4n) is 3.18. The van der Waals surface area contributed by atoms with Crippen LogP contribution in [-0.2, 0) is 0 Å². The first-order valence-electron chi connectivity index (χ1n) is 8.98. The Morgan fingerprint density at radius 3 is 2.50 bits per heavy atom. The lowest BCUT2D eigenvalue weighted by atomic mass is 9.90. The fourth-order valence-corrected chi connectivity index (χ4v) is 3.18. The molecule has 0 radical (unpaired) electrons. The number of halogens is 2. The normalized spacial score (nSPS) is 16.7. The third-order valence-electron chi connectivity index (χ3n) is 4.55. The van der Waals surface area contributed by atoms with Gasteiger partial charge in [-0.05, 0) is 44.4 Å². The van der Waals surface area contributed by atoms with E-state index in [1.54, 1.807) is 31.5 Å². The van der Waals surface area contributed by atoms with Crippen LogP contribution in [0.3, 0.4) is 0 Å². The van der Waals surface area contributed by atoms with Crippen molar-refractivity contribution in [2.75, 3.05) is 4.90 Å². The van der Waals surface area contributed by atoms with Crippen LogP contribution in [0, 0.1) is 0 Å². The second-order valence-electron chi connectivity index (χ2n) is 6.64. The molecule has 0 aliphatic carbocycles. The molecule has 0 N–H and O–H groups in total. The molecule has 1 aromatic rings. The Morgan fingerprint density at radius 1 is 1.31 bits per heavy atom. The van der Waals surface area contributed by atoms with E-state index >= 15 is 0 Å². The highest BCUT2D eigenvalue weighted by Crippen LogP contribution is 2.39. The van der Waals surface area contributed by atoms with Crippen molar-refractivity contribution in [3.8, 4) is 0 Å². The summed E-state index contributed by atoms with van der Waals surface area (Å²) in [5.41, 5.74) is 4.89. The Labute approximate surface area is 154 Å². The maximum Gasteiger partial charge on any atom is 0.302 e. The second kappa shape index (κ2) is 7.94. The number of hydrogen-bond donors (Lipinski definition) is 0. The molecule has 0 amide bonds. The highest BCUT2D eigenvalue weighted by Gasteiger charge is 2.40. The Kier molecular flexibility index (Phi) is 6.11. The SMILES string of the molecule is C=C1C(/C(CCC)=C(\C)CC)=C(C)N=C(C(C)(F)F)N1c1cccnc1. The van der Waals surface area contributed by atoms with E-state index in [0.29, 0.717) is 17.1 Å². The molecular weight excluding hydrogens is 332 g/mol. The van der Waals surface area contributed by atoms with Gasteiger partial charge in [0.2, 0.25) is 0 Å². The van der Waals surface area contributed by atoms with Gasteiger partial charge < -0.3 is 0 Å². The number of aromatic nitrogens is 1. The lowest BCUT2D eigenvalue weighted by molar-refractivity contribution is 0.0985. The molecule has 1 aliphatic rings. The van der Waals surface area contributed by atoms with Crippen molar-refractivity contribution in [2.45, 2.75) is 59.8 Å². The number of aliphatic imine (C=N–C) groups is 1. The number of nitrogens with zero attached hydrogens (tertiary/aromatic N) is 3. The van der Waals surface area contributed by atoms with Gasteiger partial charge in [0.05, 0.1) is 11.9 Å². The van der Waals surface area contributed by atoms with E-state index in [1.165, 1.54) is 10.5 Å².